The van der Waals surface area contributed by atoms with Gasteiger partial charge >= 0.3 is 0 Å². The van der Waals surface area contributed by atoms with E-state index in [-0.39, 0.29) is 13.2 Å². The van der Waals surface area contributed by atoms with Gasteiger partial charge in [-0.2, -0.15) is 5.26 Å². The number of nitrogens with zero attached hydrogens (tertiary/aromatic N) is 1. The Balaban J connectivity index is 2.20. The van der Waals surface area contributed by atoms with Crippen LogP contribution in [-0.4, -0.2) is 24.4 Å². The highest BCUT2D eigenvalue weighted by molar-refractivity contribution is 5.85. The summed E-state index contributed by atoms with van der Waals surface area (Å²) in [5.41, 5.74) is 5.93. The molecule has 0 aliphatic heterocycles. The minimum absolute atomic E-state index is 0.179. The normalized spacial score (nSPS) is 12.1. The van der Waals surface area contributed by atoms with Crippen LogP contribution in [0.25, 0.3) is 10.8 Å². The zero-order valence-corrected chi connectivity index (χ0v) is 9.84. The molecule has 2 rings (SSSR count). The van der Waals surface area contributed by atoms with Crippen molar-refractivity contribution in [3.8, 4) is 11.8 Å². The molecule has 2 aromatic rings. The van der Waals surface area contributed by atoms with Gasteiger partial charge in [-0.15, -0.1) is 0 Å². The Morgan fingerprint density at radius 2 is 1.94 bits per heavy atom. The van der Waals surface area contributed by atoms with E-state index in [2.05, 4.69) is 6.07 Å². The molecule has 0 saturated heterocycles. The van der Waals surface area contributed by atoms with Crippen LogP contribution in [0.2, 0.25) is 0 Å². The van der Waals surface area contributed by atoms with Crippen LogP contribution in [0.3, 0.4) is 0 Å². The summed E-state index contributed by atoms with van der Waals surface area (Å²) in [4.78, 5) is 0. The van der Waals surface area contributed by atoms with Crippen molar-refractivity contribution in [2.24, 2.45) is 5.73 Å². The van der Waals surface area contributed by atoms with Gasteiger partial charge in [-0.05, 0) is 35.0 Å². The summed E-state index contributed by atoms with van der Waals surface area (Å²) >= 11 is 0. The summed E-state index contributed by atoms with van der Waals surface area (Å²) in [7, 11) is 0. The molecule has 0 aromatic heterocycles. The molecule has 0 bridgehead atoms. The van der Waals surface area contributed by atoms with Crippen molar-refractivity contribution in [3.05, 3.63) is 42.0 Å². The summed E-state index contributed by atoms with van der Waals surface area (Å²) in [6.07, 6.45) is -0.651. The third-order valence-corrected chi connectivity index (χ3v) is 2.66. The lowest BCUT2D eigenvalue weighted by atomic mass is 10.1. The van der Waals surface area contributed by atoms with Crippen LogP contribution in [0.4, 0.5) is 0 Å². The van der Waals surface area contributed by atoms with Crippen LogP contribution >= 0.6 is 0 Å². The molecular formula is C14H14N2O2. The quantitative estimate of drug-likeness (QED) is 0.849. The van der Waals surface area contributed by atoms with Gasteiger partial charge < -0.3 is 15.6 Å². The number of hydrogen-bond donors (Lipinski definition) is 2. The first-order valence-electron chi connectivity index (χ1n) is 5.68. The van der Waals surface area contributed by atoms with Gasteiger partial charge in [-0.25, -0.2) is 0 Å². The molecule has 0 radical (unpaired) electrons. The lowest BCUT2D eigenvalue weighted by Crippen LogP contribution is -2.26. The largest absolute Gasteiger partial charge is 0.491 e. The molecule has 2 aromatic carbocycles. The number of rotatable bonds is 4. The van der Waals surface area contributed by atoms with Gasteiger partial charge in [-0.1, -0.05) is 12.1 Å². The van der Waals surface area contributed by atoms with E-state index in [0.29, 0.717) is 11.3 Å². The SMILES string of the molecule is N#Cc1ccc2cc(OCC(O)CN)ccc2c1. The third-order valence-electron chi connectivity index (χ3n) is 2.66. The maximum Gasteiger partial charge on any atom is 0.120 e. The molecule has 92 valence electrons. The number of nitriles is 1. The number of ether oxygens (including phenoxy) is 1. The van der Waals surface area contributed by atoms with Crippen LogP contribution < -0.4 is 10.5 Å². The number of nitrogens with two attached hydrogens (primary N) is 1. The van der Waals surface area contributed by atoms with E-state index < -0.39 is 6.10 Å². The van der Waals surface area contributed by atoms with Gasteiger partial charge in [0.1, 0.15) is 18.5 Å². The topological polar surface area (TPSA) is 79.3 Å². The highest BCUT2D eigenvalue weighted by Gasteiger charge is 2.03. The van der Waals surface area contributed by atoms with Crippen molar-refractivity contribution in [1.29, 1.82) is 5.26 Å². The summed E-state index contributed by atoms with van der Waals surface area (Å²) in [6.45, 7) is 0.359. The second-order valence-electron chi connectivity index (χ2n) is 4.04. The van der Waals surface area contributed by atoms with E-state index in [1.54, 1.807) is 6.07 Å². The minimum Gasteiger partial charge on any atom is -0.491 e. The van der Waals surface area contributed by atoms with Crippen molar-refractivity contribution in [2.45, 2.75) is 6.10 Å². The molecule has 18 heavy (non-hydrogen) atoms. The zero-order chi connectivity index (χ0) is 13.0. The molecule has 1 unspecified atom stereocenters. The van der Waals surface area contributed by atoms with Gasteiger partial charge in [-0.3, -0.25) is 0 Å². The second-order valence-corrected chi connectivity index (χ2v) is 4.04. The average molecular weight is 242 g/mol. The second kappa shape index (κ2) is 5.50. The van der Waals surface area contributed by atoms with E-state index in [1.165, 1.54) is 0 Å². The van der Waals surface area contributed by atoms with Gasteiger partial charge in [0.05, 0.1) is 11.6 Å². The third kappa shape index (κ3) is 2.77. The summed E-state index contributed by atoms with van der Waals surface area (Å²) in [6, 6.07) is 13.1. The summed E-state index contributed by atoms with van der Waals surface area (Å²) < 4.78 is 5.43. The van der Waals surface area contributed by atoms with Crippen molar-refractivity contribution < 1.29 is 9.84 Å². The maximum absolute atomic E-state index is 9.31. The highest BCUT2D eigenvalue weighted by atomic mass is 16.5. The summed E-state index contributed by atoms with van der Waals surface area (Å²) in [5.74, 6) is 0.680. The molecule has 0 heterocycles. The minimum atomic E-state index is -0.651. The number of aliphatic hydroxyl groups is 1. The molecule has 4 nitrogen and oxygen atoms in total. The summed E-state index contributed by atoms with van der Waals surface area (Å²) in [5, 5.41) is 20.1. The van der Waals surface area contributed by atoms with Crippen molar-refractivity contribution >= 4 is 10.8 Å². The Hall–Kier alpha value is -2.09. The Labute approximate surface area is 105 Å². The molecule has 0 fully saturated rings. The lowest BCUT2D eigenvalue weighted by molar-refractivity contribution is 0.114. The van der Waals surface area contributed by atoms with Crippen LogP contribution in [0, 0.1) is 11.3 Å². The van der Waals surface area contributed by atoms with E-state index in [4.69, 9.17) is 15.7 Å². The first kappa shape index (κ1) is 12.4. The van der Waals surface area contributed by atoms with Crippen LogP contribution in [-0.2, 0) is 0 Å². The molecule has 0 spiro atoms. The monoisotopic (exact) mass is 242 g/mol. The Morgan fingerprint density at radius 3 is 2.67 bits per heavy atom. The van der Waals surface area contributed by atoms with E-state index in [9.17, 15) is 5.11 Å². The van der Waals surface area contributed by atoms with E-state index >= 15 is 0 Å². The van der Waals surface area contributed by atoms with Crippen LogP contribution in [0.5, 0.6) is 5.75 Å². The Kier molecular flexibility index (Phi) is 3.78. The van der Waals surface area contributed by atoms with E-state index in [1.807, 2.05) is 30.3 Å². The van der Waals surface area contributed by atoms with E-state index in [0.717, 1.165) is 10.8 Å². The fraction of sp³-hybridized carbons (Fsp3) is 0.214. The van der Waals surface area contributed by atoms with Crippen molar-refractivity contribution in [1.82, 2.24) is 0 Å². The predicted octanol–water partition coefficient (Wildman–Crippen LogP) is 1.41. The van der Waals surface area contributed by atoms with Gasteiger partial charge in [0.15, 0.2) is 0 Å². The van der Waals surface area contributed by atoms with Gasteiger partial charge in [0, 0.05) is 6.54 Å². The number of fused-ring (bicyclic) bond motifs is 1. The number of hydrogen-bond acceptors (Lipinski definition) is 4. The Bertz CT molecular complexity index is 590. The maximum atomic E-state index is 9.31. The fourth-order valence-corrected chi connectivity index (χ4v) is 1.64. The van der Waals surface area contributed by atoms with Crippen molar-refractivity contribution in [3.63, 3.8) is 0 Å². The smallest absolute Gasteiger partial charge is 0.120 e. The van der Waals surface area contributed by atoms with Crippen LogP contribution in [0.15, 0.2) is 36.4 Å². The average Bonchev–Trinajstić information content (AvgIpc) is 2.43. The molecule has 0 saturated carbocycles. The standard InChI is InChI=1S/C14H14N2O2/c15-7-10-1-2-12-6-14(4-3-11(12)5-10)18-9-13(17)8-16/h1-6,13,17H,8-9,16H2. The fourth-order valence-electron chi connectivity index (χ4n) is 1.64. The molecule has 1 atom stereocenters. The Morgan fingerprint density at radius 1 is 1.22 bits per heavy atom. The van der Waals surface area contributed by atoms with Crippen LogP contribution in [0.1, 0.15) is 5.56 Å². The molecule has 0 aliphatic rings. The van der Waals surface area contributed by atoms with Gasteiger partial charge in [0.25, 0.3) is 0 Å². The molecule has 4 heteroatoms. The predicted molar refractivity (Wildman–Crippen MR) is 69.2 cm³/mol. The first-order valence-corrected chi connectivity index (χ1v) is 5.68. The molecule has 0 aliphatic carbocycles. The molecule has 3 N–H and O–H groups in total. The highest BCUT2D eigenvalue weighted by Crippen LogP contribution is 2.22. The molecular weight excluding hydrogens is 228 g/mol. The lowest BCUT2D eigenvalue weighted by Gasteiger charge is -2.10. The van der Waals surface area contributed by atoms with Gasteiger partial charge in [0.2, 0.25) is 0 Å². The molecule has 0 amide bonds. The van der Waals surface area contributed by atoms with Crippen molar-refractivity contribution in [2.75, 3.05) is 13.2 Å². The zero-order valence-electron chi connectivity index (χ0n) is 9.84. The number of aliphatic hydroxyl groups excluding tert-OH is 1. The first-order chi connectivity index (χ1) is 8.72. The number of benzene rings is 2.